The number of hydrogen-bond acceptors (Lipinski definition) is 4. The molecule has 0 atom stereocenters. The Morgan fingerprint density at radius 1 is 1.12 bits per heavy atom. The van der Waals surface area contributed by atoms with E-state index in [4.69, 9.17) is 9.47 Å². The highest BCUT2D eigenvalue weighted by Crippen LogP contribution is 2.28. The van der Waals surface area contributed by atoms with Gasteiger partial charge < -0.3 is 19.8 Å². The van der Waals surface area contributed by atoms with Gasteiger partial charge in [0.15, 0.2) is 11.5 Å². The number of para-hydroxylation sites is 1. The normalized spacial score (nSPS) is 10.5. The quantitative estimate of drug-likeness (QED) is 0.715. The number of fused-ring (bicyclic) bond motifs is 1. The molecule has 2 aromatic carbocycles. The summed E-state index contributed by atoms with van der Waals surface area (Å²) in [5.41, 5.74) is 1.22. The van der Waals surface area contributed by atoms with E-state index in [1.165, 1.54) is 0 Å². The molecule has 0 bridgehead atoms. The van der Waals surface area contributed by atoms with E-state index in [-0.39, 0.29) is 12.1 Å². The summed E-state index contributed by atoms with van der Waals surface area (Å²) in [6.45, 7) is 2.71. The summed E-state index contributed by atoms with van der Waals surface area (Å²) in [6.07, 6.45) is 0. The van der Waals surface area contributed by atoms with Crippen LogP contribution in [0.4, 0.5) is 0 Å². The van der Waals surface area contributed by atoms with Crippen LogP contribution in [0.2, 0.25) is 0 Å². The zero-order valence-electron chi connectivity index (χ0n) is 14.7. The second-order valence-electron chi connectivity index (χ2n) is 5.70. The van der Waals surface area contributed by atoms with Crippen molar-refractivity contribution in [2.24, 2.45) is 0 Å². The molecule has 134 valence electrons. The molecule has 6 heteroatoms. The van der Waals surface area contributed by atoms with Crippen molar-refractivity contribution in [1.82, 2.24) is 10.3 Å². The SMILES string of the molecule is CCOc1ccc(CNC(=O)c2cc3ccccc3[nH]c2=O)cc1OC. The van der Waals surface area contributed by atoms with Gasteiger partial charge in [0.05, 0.1) is 13.7 Å². The standard InChI is InChI=1S/C20H20N2O4/c1-3-26-17-9-8-13(10-18(17)25-2)12-21-19(23)15-11-14-6-4-5-7-16(14)22-20(15)24/h4-11H,3,12H2,1-2H3,(H,21,23)(H,22,24). The monoisotopic (exact) mass is 352 g/mol. The van der Waals surface area contributed by atoms with Gasteiger partial charge in [0.1, 0.15) is 5.56 Å². The van der Waals surface area contributed by atoms with E-state index in [1.54, 1.807) is 31.4 Å². The number of amides is 1. The number of pyridine rings is 1. The summed E-state index contributed by atoms with van der Waals surface area (Å²) in [5.74, 6) is 0.822. The first kappa shape index (κ1) is 17.5. The van der Waals surface area contributed by atoms with Gasteiger partial charge in [0, 0.05) is 12.1 Å². The molecule has 26 heavy (non-hydrogen) atoms. The van der Waals surface area contributed by atoms with Gasteiger partial charge in [-0.25, -0.2) is 0 Å². The van der Waals surface area contributed by atoms with Crippen LogP contribution in [0.1, 0.15) is 22.8 Å². The highest BCUT2D eigenvalue weighted by Gasteiger charge is 2.12. The molecule has 0 radical (unpaired) electrons. The second kappa shape index (κ2) is 7.74. The second-order valence-corrected chi connectivity index (χ2v) is 5.70. The van der Waals surface area contributed by atoms with Crippen LogP contribution in [0.5, 0.6) is 11.5 Å². The fourth-order valence-corrected chi connectivity index (χ4v) is 2.69. The number of nitrogens with one attached hydrogen (secondary N) is 2. The Morgan fingerprint density at radius 2 is 1.92 bits per heavy atom. The van der Waals surface area contributed by atoms with Gasteiger partial charge in [-0.1, -0.05) is 24.3 Å². The van der Waals surface area contributed by atoms with E-state index in [0.29, 0.717) is 23.6 Å². The number of H-pyrrole nitrogens is 1. The van der Waals surface area contributed by atoms with Crippen molar-refractivity contribution < 1.29 is 14.3 Å². The van der Waals surface area contributed by atoms with Gasteiger partial charge >= 0.3 is 0 Å². The Kier molecular flexibility index (Phi) is 5.22. The lowest BCUT2D eigenvalue weighted by Crippen LogP contribution is -2.29. The summed E-state index contributed by atoms with van der Waals surface area (Å²) in [6, 6.07) is 14.4. The molecule has 0 aliphatic heterocycles. The zero-order chi connectivity index (χ0) is 18.5. The number of carbonyl (C=O) groups excluding carboxylic acids is 1. The highest BCUT2D eigenvalue weighted by molar-refractivity contribution is 5.97. The first-order chi connectivity index (χ1) is 12.6. The zero-order valence-corrected chi connectivity index (χ0v) is 14.7. The Balaban J connectivity index is 1.77. The van der Waals surface area contributed by atoms with Crippen molar-refractivity contribution in [1.29, 1.82) is 0 Å². The molecule has 0 fully saturated rings. The average Bonchev–Trinajstić information content (AvgIpc) is 2.66. The molecular formula is C20H20N2O4. The van der Waals surface area contributed by atoms with E-state index in [2.05, 4.69) is 10.3 Å². The van der Waals surface area contributed by atoms with Gasteiger partial charge in [-0.3, -0.25) is 9.59 Å². The molecule has 3 rings (SSSR count). The molecule has 3 aromatic rings. The maximum Gasteiger partial charge on any atom is 0.261 e. The highest BCUT2D eigenvalue weighted by atomic mass is 16.5. The lowest BCUT2D eigenvalue weighted by Gasteiger charge is -2.11. The summed E-state index contributed by atoms with van der Waals surface area (Å²) in [4.78, 5) is 27.3. The molecule has 1 heterocycles. The third kappa shape index (κ3) is 3.69. The van der Waals surface area contributed by atoms with E-state index in [0.717, 1.165) is 10.9 Å². The van der Waals surface area contributed by atoms with Crippen LogP contribution in [-0.4, -0.2) is 24.6 Å². The minimum Gasteiger partial charge on any atom is -0.493 e. The maximum atomic E-state index is 12.4. The van der Waals surface area contributed by atoms with Crippen LogP contribution in [0.3, 0.4) is 0 Å². The molecule has 0 aliphatic carbocycles. The van der Waals surface area contributed by atoms with Gasteiger partial charge in [0.25, 0.3) is 11.5 Å². The molecule has 0 saturated heterocycles. The fraction of sp³-hybridized carbons (Fsp3) is 0.200. The van der Waals surface area contributed by atoms with Crippen molar-refractivity contribution in [2.75, 3.05) is 13.7 Å². The number of ether oxygens (including phenoxy) is 2. The third-order valence-corrected chi connectivity index (χ3v) is 3.98. The lowest BCUT2D eigenvalue weighted by atomic mass is 10.1. The van der Waals surface area contributed by atoms with Crippen LogP contribution >= 0.6 is 0 Å². The topological polar surface area (TPSA) is 80.4 Å². The number of hydrogen-bond donors (Lipinski definition) is 2. The summed E-state index contributed by atoms with van der Waals surface area (Å²) < 4.78 is 10.8. The first-order valence-electron chi connectivity index (χ1n) is 8.32. The predicted molar refractivity (Wildman–Crippen MR) is 99.9 cm³/mol. The van der Waals surface area contributed by atoms with Crippen molar-refractivity contribution in [2.45, 2.75) is 13.5 Å². The summed E-state index contributed by atoms with van der Waals surface area (Å²) in [5, 5.41) is 3.57. The van der Waals surface area contributed by atoms with E-state index >= 15 is 0 Å². The van der Waals surface area contributed by atoms with Crippen molar-refractivity contribution in [3.63, 3.8) is 0 Å². The molecule has 1 amide bonds. The number of benzene rings is 2. The fourth-order valence-electron chi connectivity index (χ4n) is 2.69. The minimum atomic E-state index is -0.426. The molecule has 2 N–H and O–H groups in total. The molecule has 1 aromatic heterocycles. The third-order valence-electron chi connectivity index (χ3n) is 3.98. The molecule has 0 unspecified atom stereocenters. The van der Waals surface area contributed by atoms with E-state index < -0.39 is 11.5 Å². The average molecular weight is 352 g/mol. The smallest absolute Gasteiger partial charge is 0.261 e. The van der Waals surface area contributed by atoms with Gasteiger partial charge in [-0.05, 0) is 42.1 Å². The van der Waals surface area contributed by atoms with Gasteiger partial charge in [0.2, 0.25) is 0 Å². The van der Waals surface area contributed by atoms with Gasteiger partial charge in [-0.15, -0.1) is 0 Å². The maximum absolute atomic E-state index is 12.4. The van der Waals surface area contributed by atoms with Crippen molar-refractivity contribution in [3.8, 4) is 11.5 Å². The van der Waals surface area contributed by atoms with Gasteiger partial charge in [-0.2, -0.15) is 0 Å². The van der Waals surface area contributed by atoms with Crippen molar-refractivity contribution >= 4 is 16.8 Å². The Hall–Kier alpha value is -3.28. The lowest BCUT2D eigenvalue weighted by molar-refractivity contribution is 0.0949. The number of aromatic nitrogens is 1. The van der Waals surface area contributed by atoms with Crippen LogP contribution in [-0.2, 0) is 6.54 Å². The molecule has 6 nitrogen and oxygen atoms in total. The minimum absolute atomic E-state index is 0.0848. The van der Waals surface area contributed by atoms with Crippen molar-refractivity contribution in [3.05, 3.63) is 70.0 Å². The van der Waals surface area contributed by atoms with Crippen LogP contribution in [0.25, 0.3) is 10.9 Å². The Morgan fingerprint density at radius 3 is 2.69 bits per heavy atom. The number of rotatable bonds is 6. The Labute approximate surface area is 150 Å². The first-order valence-corrected chi connectivity index (χ1v) is 8.32. The number of methoxy groups -OCH3 is 1. The van der Waals surface area contributed by atoms with Crippen LogP contribution < -0.4 is 20.3 Å². The van der Waals surface area contributed by atoms with E-state index in [1.807, 2.05) is 31.2 Å². The summed E-state index contributed by atoms with van der Waals surface area (Å²) in [7, 11) is 1.56. The predicted octanol–water partition coefficient (Wildman–Crippen LogP) is 2.87. The molecule has 0 saturated carbocycles. The Bertz CT molecular complexity index is 995. The number of carbonyl (C=O) groups is 1. The van der Waals surface area contributed by atoms with E-state index in [9.17, 15) is 9.59 Å². The molecular weight excluding hydrogens is 332 g/mol. The number of aromatic amines is 1. The van der Waals surface area contributed by atoms with Crippen LogP contribution in [0.15, 0.2) is 53.3 Å². The largest absolute Gasteiger partial charge is 0.493 e. The summed E-state index contributed by atoms with van der Waals surface area (Å²) >= 11 is 0. The van der Waals surface area contributed by atoms with Crippen LogP contribution in [0, 0.1) is 0 Å². The molecule has 0 spiro atoms. The molecule has 0 aliphatic rings.